The van der Waals surface area contributed by atoms with E-state index in [1.807, 2.05) is 0 Å². The van der Waals surface area contributed by atoms with E-state index < -0.39 is 11.9 Å². The minimum atomic E-state index is -0.718. The van der Waals surface area contributed by atoms with E-state index in [4.69, 9.17) is 11.6 Å². The lowest BCUT2D eigenvalue weighted by Gasteiger charge is -2.30. The zero-order valence-electron chi connectivity index (χ0n) is 8.01. The van der Waals surface area contributed by atoms with Crippen molar-refractivity contribution in [2.24, 2.45) is 5.92 Å². The first-order valence-electron chi connectivity index (χ1n) is 4.92. The molecule has 1 aromatic rings. The average Bonchev–Trinajstić information content (AvgIpc) is 2.11. The second-order valence-corrected chi connectivity index (χ2v) is 5.13. The molecule has 0 heterocycles. The van der Waals surface area contributed by atoms with Crippen LogP contribution < -0.4 is 0 Å². The van der Waals surface area contributed by atoms with Gasteiger partial charge in [0.25, 0.3) is 0 Å². The van der Waals surface area contributed by atoms with Crippen LogP contribution in [-0.4, -0.2) is 5.11 Å². The molecule has 1 unspecified atom stereocenters. The van der Waals surface area contributed by atoms with Crippen LogP contribution in [0.4, 0.5) is 4.39 Å². The Balaban J connectivity index is 2.31. The first kappa shape index (κ1) is 11.4. The summed E-state index contributed by atoms with van der Waals surface area (Å²) in [6.45, 7) is 0. The van der Waals surface area contributed by atoms with Crippen molar-refractivity contribution < 1.29 is 9.50 Å². The van der Waals surface area contributed by atoms with E-state index in [2.05, 4.69) is 15.9 Å². The highest BCUT2D eigenvalue weighted by Gasteiger charge is 2.29. The third-order valence-corrected chi connectivity index (χ3v) is 4.24. The van der Waals surface area contributed by atoms with Crippen LogP contribution >= 0.6 is 27.5 Å². The Kier molecular flexibility index (Phi) is 3.33. The van der Waals surface area contributed by atoms with Gasteiger partial charge in [-0.3, -0.25) is 0 Å². The lowest BCUT2D eigenvalue weighted by molar-refractivity contribution is 0.0592. The van der Waals surface area contributed by atoms with Crippen molar-refractivity contribution >= 4 is 27.5 Å². The maximum absolute atomic E-state index is 13.7. The SMILES string of the molecule is OC(c1ccc(Br)c(Cl)c1F)C1CCC1. The average molecular weight is 294 g/mol. The molecule has 1 nitrogen and oxygen atoms in total. The van der Waals surface area contributed by atoms with Crippen molar-refractivity contribution in [2.45, 2.75) is 25.4 Å². The third-order valence-electron chi connectivity index (χ3n) is 2.98. The van der Waals surface area contributed by atoms with Crippen LogP contribution in [0.25, 0.3) is 0 Å². The van der Waals surface area contributed by atoms with Crippen molar-refractivity contribution in [1.29, 1.82) is 0 Å². The number of hydrogen-bond donors (Lipinski definition) is 1. The fourth-order valence-corrected chi connectivity index (χ4v) is 2.26. The molecule has 1 N–H and O–H groups in total. The Morgan fingerprint density at radius 1 is 1.47 bits per heavy atom. The molecule has 1 saturated carbocycles. The largest absolute Gasteiger partial charge is 0.388 e. The summed E-state index contributed by atoms with van der Waals surface area (Å²) in [7, 11) is 0. The lowest BCUT2D eigenvalue weighted by atomic mass is 9.79. The molecular formula is C11H11BrClFO. The Morgan fingerprint density at radius 2 is 2.13 bits per heavy atom. The maximum Gasteiger partial charge on any atom is 0.148 e. The summed E-state index contributed by atoms with van der Waals surface area (Å²) in [4.78, 5) is 0. The van der Waals surface area contributed by atoms with Crippen LogP contribution in [-0.2, 0) is 0 Å². The van der Waals surface area contributed by atoms with Gasteiger partial charge in [-0.2, -0.15) is 0 Å². The smallest absolute Gasteiger partial charge is 0.148 e. The quantitative estimate of drug-likeness (QED) is 0.815. The van der Waals surface area contributed by atoms with Gasteiger partial charge in [-0.05, 0) is 40.8 Å². The second-order valence-electron chi connectivity index (χ2n) is 3.90. The van der Waals surface area contributed by atoms with Crippen molar-refractivity contribution in [3.05, 3.63) is 33.0 Å². The molecule has 0 aliphatic heterocycles. The third kappa shape index (κ3) is 2.05. The fraction of sp³-hybridized carbons (Fsp3) is 0.455. The Labute approximate surface area is 101 Å². The van der Waals surface area contributed by atoms with Gasteiger partial charge in [0.2, 0.25) is 0 Å². The van der Waals surface area contributed by atoms with Crippen molar-refractivity contribution in [1.82, 2.24) is 0 Å². The van der Waals surface area contributed by atoms with E-state index in [1.54, 1.807) is 12.1 Å². The number of benzene rings is 1. The van der Waals surface area contributed by atoms with Gasteiger partial charge in [0, 0.05) is 10.0 Å². The summed E-state index contributed by atoms with van der Waals surface area (Å²) in [6, 6.07) is 3.26. The van der Waals surface area contributed by atoms with Crippen LogP contribution in [0.3, 0.4) is 0 Å². The number of aliphatic hydroxyl groups excluding tert-OH is 1. The van der Waals surface area contributed by atoms with Gasteiger partial charge in [-0.15, -0.1) is 0 Å². The Bertz CT molecular complexity index is 379. The molecule has 0 amide bonds. The maximum atomic E-state index is 13.7. The van der Waals surface area contributed by atoms with Gasteiger partial charge in [-0.25, -0.2) is 4.39 Å². The van der Waals surface area contributed by atoms with Crippen molar-refractivity contribution in [3.8, 4) is 0 Å². The summed E-state index contributed by atoms with van der Waals surface area (Å²) in [5.41, 5.74) is 0.313. The first-order chi connectivity index (χ1) is 7.11. The molecule has 0 aromatic heterocycles. The number of hydrogen-bond acceptors (Lipinski definition) is 1. The van der Waals surface area contributed by atoms with Crippen molar-refractivity contribution in [2.75, 3.05) is 0 Å². The van der Waals surface area contributed by atoms with Crippen LogP contribution in [0.2, 0.25) is 5.02 Å². The summed E-state index contributed by atoms with van der Waals surface area (Å²) >= 11 is 8.90. The normalized spacial score (nSPS) is 18.7. The molecular weight excluding hydrogens is 282 g/mol. The van der Waals surface area contributed by atoms with Crippen molar-refractivity contribution in [3.63, 3.8) is 0 Å². The zero-order chi connectivity index (χ0) is 11.0. The van der Waals surface area contributed by atoms with Crippen LogP contribution in [0.5, 0.6) is 0 Å². The van der Waals surface area contributed by atoms with Gasteiger partial charge in [-0.1, -0.05) is 24.1 Å². The van der Waals surface area contributed by atoms with E-state index in [0.717, 1.165) is 19.3 Å². The summed E-state index contributed by atoms with van der Waals surface area (Å²) in [5.74, 6) is -0.317. The van der Waals surface area contributed by atoms with Gasteiger partial charge in [0.05, 0.1) is 11.1 Å². The number of halogens is 3. The van der Waals surface area contributed by atoms with Gasteiger partial charge in [0.15, 0.2) is 0 Å². The topological polar surface area (TPSA) is 20.2 Å². The zero-order valence-corrected chi connectivity index (χ0v) is 10.4. The Hall–Kier alpha value is -0.120. The van der Waals surface area contributed by atoms with Crippen LogP contribution in [0.1, 0.15) is 30.9 Å². The standard InChI is InChI=1S/C11H11BrClFO/c12-8-5-4-7(10(14)9(8)13)11(15)6-2-1-3-6/h4-6,11,15H,1-3H2. The molecule has 4 heteroatoms. The molecule has 82 valence electrons. The van der Waals surface area contributed by atoms with Crippen LogP contribution in [0.15, 0.2) is 16.6 Å². The highest BCUT2D eigenvalue weighted by atomic mass is 79.9. The van der Waals surface area contributed by atoms with E-state index in [-0.39, 0.29) is 10.9 Å². The minimum Gasteiger partial charge on any atom is -0.388 e. The first-order valence-corrected chi connectivity index (χ1v) is 6.10. The molecule has 0 spiro atoms. The molecule has 1 aliphatic rings. The van der Waals surface area contributed by atoms with E-state index in [9.17, 15) is 9.50 Å². The predicted octanol–water partition coefficient (Wildman–Crippen LogP) is 4.08. The summed E-state index contributed by atoms with van der Waals surface area (Å²) in [5, 5.41) is 9.97. The molecule has 1 aliphatic carbocycles. The minimum absolute atomic E-state index is 0.0471. The van der Waals surface area contributed by atoms with E-state index >= 15 is 0 Å². The summed E-state index contributed by atoms with van der Waals surface area (Å²) < 4.78 is 14.2. The molecule has 2 rings (SSSR count). The van der Waals surface area contributed by atoms with Gasteiger partial charge < -0.3 is 5.11 Å². The van der Waals surface area contributed by atoms with Gasteiger partial charge in [0.1, 0.15) is 5.82 Å². The molecule has 0 radical (unpaired) electrons. The molecule has 0 saturated heterocycles. The molecule has 1 atom stereocenters. The number of rotatable bonds is 2. The number of aliphatic hydroxyl groups is 1. The van der Waals surface area contributed by atoms with E-state index in [1.165, 1.54) is 0 Å². The molecule has 1 aromatic carbocycles. The second kappa shape index (κ2) is 4.40. The molecule has 0 bridgehead atoms. The van der Waals surface area contributed by atoms with Gasteiger partial charge >= 0.3 is 0 Å². The lowest BCUT2D eigenvalue weighted by Crippen LogP contribution is -2.20. The molecule has 15 heavy (non-hydrogen) atoms. The molecule has 1 fully saturated rings. The van der Waals surface area contributed by atoms with Crippen LogP contribution in [0, 0.1) is 11.7 Å². The predicted molar refractivity (Wildman–Crippen MR) is 61.4 cm³/mol. The fourth-order valence-electron chi connectivity index (χ4n) is 1.78. The Morgan fingerprint density at radius 3 is 2.67 bits per heavy atom. The van der Waals surface area contributed by atoms with E-state index in [0.29, 0.717) is 10.0 Å². The highest BCUT2D eigenvalue weighted by molar-refractivity contribution is 9.10. The monoisotopic (exact) mass is 292 g/mol. The summed E-state index contributed by atoms with van der Waals surface area (Å²) in [6.07, 6.45) is 2.33. The highest BCUT2D eigenvalue weighted by Crippen LogP contribution is 2.40.